The predicted molar refractivity (Wildman–Crippen MR) is 69.5 cm³/mol. The van der Waals surface area contributed by atoms with Crippen molar-refractivity contribution >= 4 is 15.9 Å². The molecule has 0 aliphatic rings. The maximum atomic E-state index is 13.7. The van der Waals surface area contributed by atoms with Crippen LogP contribution in [0, 0.1) is 5.82 Å². The Balaban J connectivity index is 2.97. The quantitative estimate of drug-likeness (QED) is 0.796. The molecule has 3 N–H and O–H groups in total. The molecular weight excluding hydrogens is 271 g/mol. The van der Waals surface area contributed by atoms with Crippen LogP contribution < -0.4 is 10.5 Å². The van der Waals surface area contributed by atoms with Gasteiger partial charge in [0.1, 0.15) is 5.82 Å². The zero-order valence-electron chi connectivity index (χ0n) is 10.4. The third-order valence-corrected chi connectivity index (χ3v) is 3.32. The van der Waals surface area contributed by atoms with Crippen molar-refractivity contribution in [3.63, 3.8) is 0 Å². The summed E-state index contributed by atoms with van der Waals surface area (Å²) < 4.78 is 35.7. The van der Waals surface area contributed by atoms with E-state index in [9.17, 15) is 17.6 Å². The second-order valence-corrected chi connectivity index (χ2v) is 5.65. The first kappa shape index (κ1) is 15.3. The van der Waals surface area contributed by atoms with Crippen molar-refractivity contribution in [2.24, 2.45) is 5.14 Å². The Morgan fingerprint density at radius 3 is 2.68 bits per heavy atom. The summed E-state index contributed by atoms with van der Waals surface area (Å²) >= 11 is 0. The predicted octanol–water partition coefficient (Wildman–Crippen LogP) is 1.17. The second kappa shape index (κ2) is 5.94. The summed E-state index contributed by atoms with van der Waals surface area (Å²) in [5.74, 6) is -1.55. The fourth-order valence-electron chi connectivity index (χ4n) is 1.47. The molecule has 0 aliphatic carbocycles. The number of amides is 1. The van der Waals surface area contributed by atoms with Crippen molar-refractivity contribution in [1.29, 1.82) is 0 Å². The Morgan fingerprint density at radius 1 is 1.58 bits per heavy atom. The van der Waals surface area contributed by atoms with Crippen molar-refractivity contribution in [1.82, 2.24) is 5.32 Å². The Morgan fingerprint density at radius 2 is 2.21 bits per heavy atom. The van der Waals surface area contributed by atoms with Crippen molar-refractivity contribution in [2.75, 3.05) is 0 Å². The zero-order valence-corrected chi connectivity index (χ0v) is 11.2. The van der Waals surface area contributed by atoms with E-state index in [2.05, 4.69) is 11.9 Å². The summed E-state index contributed by atoms with van der Waals surface area (Å²) in [6.45, 7) is 5.28. The molecule has 0 aromatic heterocycles. The van der Waals surface area contributed by atoms with Crippen LogP contribution in [-0.2, 0) is 10.0 Å². The fourth-order valence-corrected chi connectivity index (χ4v) is 1.99. The molecule has 0 fully saturated rings. The van der Waals surface area contributed by atoms with E-state index in [-0.39, 0.29) is 16.5 Å². The minimum atomic E-state index is -3.98. The topological polar surface area (TPSA) is 89.3 Å². The number of sulfonamides is 1. The number of primary sulfonamides is 1. The van der Waals surface area contributed by atoms with Gasteiger partial charge in [0.05, 0.1) is 10.5 Å². The monoisotopic (exact) mass is 286 g/mol. The molecule has 1 aromatic carbocycles. The fraction of sp³-hybridized carbons (Fsp3) is 0.250. The number of benzene rings is 1. The van der Waals surface area contributed by atoms with Crippen LogP contribution in [-0.4, -0.2) is 20.4 Å². The van der Waals surface area contributed by atoms with Crippen molar-refractivity contribution < 1.29 is 17.6 Å². The lowest BCUT2D eigenvalue weighted by atomic mass is 10.1. The van der Waals surface area contributed by atoms with Crippen LogP contribution in [0.25, 0.3) is 0 Å². The number of rotatable bonds is 5. The number of hydrogen-bond acceptors (Lipinski definition) is 3. The van der Waals surface area contributed by atoms with Crippen molar-refractivity contribution in [3.05, 3.63) is 42.2 Å². The number of nitrogens with two attached hydrogens (primary N) is 1. The smallest absolute Gasteiger partial charge is 0.254 e. The van der Waals surface area contributed by atoms with Crippen LogP contribution in [0.15, 0.2) is 35.7 Å². The van der Waals surface area contributed by atoms with Gasteiger partial charge in [-0.25, -0.2) is 17.9 Å². The van der Waals surface area contributed by atoms with Crippen LogP contribution in [0.4, 0.5) is 4.39 Å². The molecule has 0 saturated heterocycles. The molecule has 0 heterocycles. The van der Waals surface area contributed by atoms with Gasteiger partial charge in [0.2, 0.25) is 10.0 Å². The van der Waals surface area contributed by atoms with E-state index >= 15 is 0 Å². The van der Waals surface area contributed by atoms with Crippen LogP contribution in [0.5, 0.6) is 0 Å². The largest absolute Gasteiger partial charge is 0.349 e. The molecular formula is C12H15FN2O3S. The lowest BCUT2D eigenvalue weighted by molar-refractivity contribution is 0.0936. The average molecular weight is 286 g/mol. The summed E-state index contributed by atoms with van der Waals surface area (Å²) in [7, 11) is -3.98. The normalized spacial score (nSPS) is 12.8. The van der Waals surface area contributed by atoms with E-state index in [1.807, 2.05) is 0 Å². The van der Waals surface area contributed by atoms with E-state index in [1.54, 1.807) is 13.0 Å². The summed E-state index contributed by atoms with van der Waals surface area (Å²) in [6.07, 6.45) is 2.17. The molecule has 5 nitrogen and oxygen atoms in total. The van der Waals surface area contributed by atoms with Gasteiger partial charge in [0.15, 0.2) is 0 Å². The number of halogens is 1. The SMILES string of the molecule is C=CCC(C)NC(=O)c1ccc(S(N)(=O)=O)cc1F. The van der Waals surface area contributed by atoms with E-state index in [4.69, 9.17) is 5.14 Å². The van der Waals surface area contributed by atoms with E-state index < -0.39 is 21.7 Å². The van der Waals surface area contributed by atoms with Gasteiger partial charge in [-0.05, 0) is 31.5 Å². The van der Waals surface area contributed by atoms with Gasteiger partial charge in [-0.15, -0.1) is 6.58 Å². The molecule has 1 amide bonds. The first-order valence-electron chi connectivity index (χ1n) is 5.50. The number of carbonyl (C=O) groups is 1. The lowest BCUT2D eigenvalue weighted by Crippen LogP contribution is -2.32. The highest BCUT2D eigenvalue weighted by molar-refractivity contribution is 7.89. The lowest BCUT2D eigenvalue weighted by Gasteiger charge is -2.12. The van der Waals surface area contributed by atoms with Gasteiger partial charge in [0, 0.05) is 6.04 Å². The number of carbonyl (C=O) groups excluding carboxylic acids is 1. The molecule has 1 unspecified atom stereocenters. The zero-order chi connectivity index (χ0) is 14.6. The Bertz CT molecular complexity index is 599. The Kier molecular flexibility index (Phi) is 4.79. The molecule has 7 heteroatoms. The van der Waals surface area contributed by atoms with Gasteiger partial charge in [-0.2, -0.15) is 0 Å². The maximum absolute atomic E-state index is 13.7. The molecule has 1 rings (SSSR count). The van der Waals surface area contributed by atoms with Crippen LogP contribution >= 0.6 is 0 Å². The molecule has 0 spiro atoms. The standard InChI is InChI=1S/C12H15FN2O3S/c1-3-4-8(2)15-12(16)10-6-5-9(7-11(10)13)19(14,17)18/h3,5-8H,1,4H2,2H3,(H,15,16)(H2,14,17,18). The molecule has 19 heavy (non-hydrogen) atoms. The van der Waals surface area contributed by atoms with Crippen molar-refractivity contribution in [3.8, 4) is 0 Å². The summed E-state index contributed by atoms with van der Waals surface area (Å²) in [6, 6.07) is 2.71. The van der Waals surface area contributed by atoms with Gasteiger partial charge in [-0.3, -0.25) is 4.79 Å². The average Bonchev–Trinajstić information content (AvgIpc) is 2.27. The first-order valence-corrected chi connectivity index (χ1v) is 7.04. The van der Waals surface area contributed by atoms with Gasteiger partial charge in [-0.1, -0.05) is 6.08 Å². The number of hydrogen-bond donors (Lipinski definition) is 2. The van der Waals surface area contributed by atoms with Crippen LogP contribution in [0.2, 0.25) is 0 Å². The van der Waals surface area contributed by atoms with Crippen LogP contribution in [0.1, 0.15) is 23.7 Å². The van der Waals surface area contributed by atoms with E-state index in [0.29, 0.717) is 6.42 Å². The van der Waals surface area contributed by atoms with E-state index in [1.165, 1.54) is 0 Å². The highest BCUT2D eigenvalue weighted by atomic mass is 32.2. The Labute approximate surface area is 111 Å². The minimum Gasteiger partial charge on any atom is -0.349 e. The summed E-state index contributed by atoms with van der Waals surface area (Å²) in [4.78, 5) is 11.4. The third kappa shape index (κ3) is 4.15. The highest BCUT2D eigenvalue weighted by Gasteiger charge is 2.17. The highest BCUT2D eigenvalue weighted by Crippen LogP contribution is 2.14. The molecule has 1 aromatic rings. The van der Waals surface area contributed by atoms with Gasteiger partial charge >= 0.3 is 0 Å². The third-order valence-electron chi connectivity index (χ3n) is 2.41. The second-order valence-electron chi connectivity index (χ2n) is 4.09. The molecule has 0 bridgehead atoms. The van der Waals surface area contributed by atoms with E-state index in [0.717, 1.165) is 18.2 Å². The summed E-state index contributed by atoms with van der Waals surface area (Å²) in [5.41, 5.74) is -0.233. The molecule has 1 atom stereocenters. The molecule has 0 saturated carbocycles. The van der Waals surface area contributed by atoms with Crippen LogP contribution in [0.3, 0.4) is 0 Å². The molecule has 0 aliphatic heterocycles. The number of nitrogens with one attached hydrogen (secondary N) is 1. The summed E-state index contributed by atoms with van der Waals surface area (Å²) in [5, 5.41) is 7.43. The molecule has 104 valence electrons. The Hall–Kier alpha value is -1.73. The van der Waals surface area contributed by atoms with Gasteiger partial charge < -0.3 is 5.32 Å². The maximum Gasteiger partial charge on any atom is 0.254 e. The van der Waals surface area contributed by atoms with Crippen molar-refractivity contribution in [2.45, 2.75) is 24.3 Å². The van der Waals surface area contributed by atoms with Gasteiger partial charge in [0.25, 0.3) is 5.91 Å². The minimum absolute atomic E-state index is 0.192. The first-order chi connectivity index (χ1) is 8.75. The molecule has 0 radical (unpaired) electrons.